The predicted octanol–water partition coefficient (Wildman–Crippen LogP) is 1.77. The van der Waals surface area contributed by atoms with E-state index in [1.165, 1.54) is 4.31 Å². The SMILES string of the molecule is CC(C)(C)[Si]1(C(C)(C)C)OC[C@@H]2[C@@H]3[C@@H](COS(=O)(=O)N32)O1. The van der Waals surface area contributed by atoms with Crippen molar-refractivity contribution in [1.82, 2.24) is 4.31 Å². The average molecular weight is 335 g/mol. The van der Waals surface area contributed by atoms with Crippen molar-refractivity contribution in [2.24, 2.45) is 0 Å². The van der Waals surface area contributed by atoms with E-state index in [2.05, 4.69) is 41.5 Å². The van der Waals surface area contributed by atoms with Gasteiger partial charge in [-0.15, -0.1) is 0 Å². The Kier molecular flexibility index (Phi) is 3.25. The third-order valence-corrected chi connectivity index (χ3v) is 11.3. The minimum atomic E-state index is -3.58. The summed E-state index contributed by atoms with van der Waals surface area (Å²) in [5.74, 6) is 0. The third-order valence-electron chi connectivity index (χ3n) is 4.70. The first-order valence-electron chi connectivity index (χ1n) is 7.40. The van der Waals surface area contributed by atoms with E-state index in [1.54, 1.807) is 0 Å². The van der Waals surface area contributed by atoms with Crippen LogP contribution in [0.25, 0.3) is 0 Å². The van der Waals surface area contributed by atoms with Crippen molar-refractivity contribution in [2.75, 3.05) is 13.2 Å². The Labute approximate surface area is 128 Å². The first kappa shape index (κ1) is 15.9. The van der Waals surface area contributed by atoms with E-state index in [0.29, 0.717) is 6.61 Å². The molecule has 3 aliphatic heterocycles. The highest BCUT2D eigenvalue weighted by Crippen LogP contribution is 2.56. The lowest BCUT2D eigenvalue weighted by Crippen LogP contribution is -2.60. The van der Waals surface area contributed by atoms with E-state index < -0.39 is 18.9 Å². The summed E-state index contributed by atoms with van der Waals surface area (Å²) in [6, 6.07) is -0.232. The maximum absolute atomic E-state index is 11.8. The Balaban J connectivity index is 1.96. The number of rotatable bonds is 0. The van der Waals surface area contributed by atoms with Gasteiger partial charge in [0.25, 0.3) is 0 Å². The smallest absolute Gasteiger partial charge is 0.349 e. The number of fused-ring (bicyclic) bond motifs is 1. The zero-order valence-corrected chi connectivity index (χ0v) is 15.4. The van der Waals surface area contributed by atoms with Crippen LogP contribution in [0.15, 0.2) is 0 Å². The Morgan fingerprint density at radius 2 is 1.62 bits per heavy atom. The molecule has 0 aromatic heterocycles. The van der Waals surface area contributed by atoms with E-state index in [0.717, 1.165) is 0 Å². The van der Waals surface area contributed by atoms with Gasteiger partial charge in [0.1, 0.15) is 0 Å². The summed E-state index contributed by atoms with van der Waals surface area (Å²) in [6.07, 6.45) is -0.217. The first-order valence-corrected chi connectivity index (χ1v) is 10.6. The molecule has 122 valence electrons. The summed E-state index contributed by atoms with van der Waals surface area (Å²) in [7, 11) is -6.15. The summed E-state index contributed by atoms with van der Waals surface area (Å²) < 4.78 is 43.0. The largest absolute Gasteiger partial charge is 0.392 e. The van der Waals surface area contributed by atoms with Crippen LogP contribution in [-0.4, -0.2) is 52.7 Å². The van der Waals surface area contributed by atoms with Gasteiger partial charge in [-0.3, -0.25) is 4.18 Å². The minimum Gasteiger partial charge on any atom is -0.392 e. The lowest BCUT2D eigenvalue weighted by atomic mass is 10.2. The van der Waals surface area contributed by atoms with Crippen molar-refractivity contribution >= 4 is 18.9 Å². The molecule has 0 aromatic carbocycles. The molecule has 3 rings (SSSR count). The van der Waals surface area contributed by atoms with Crippen LogP contribution in [-0.2, 0) is 23.3 Å². The van der Waals surface area contributed by atoms with Crippen molar-refractivity contribution in [2.45, 2.75) is 69.8 Å². The van der Waals surface area contributed by atoms with E-state index >= 15 is 0 Å². The third kappa shape index (κ3) is 2.14. The molecule has 0 spiro atoms. The van der Waals surface area contributed by atoms with E-state index in [9.17, 15) is 8.42 Å². The second-order valence-corrected chi connectivity index (χ2v) is 14.5. The van der Waals surface area contributed by atoms with Crippen LogP contribution in [0.2, 0.25) is 10.1 Å². The topological polar surface area (TPSA) is 64.8 Å². The van der Waals surface area contributed by atoms with Gasteiger partial charge in [0.15, 0.2) is 0 Å². The predicted molar refractivity (Wildman–Crippen MR) is 80.3 cm³/mol. The zero-order chi connectivity index (χ0) is 15.8. The second kappa shape index (κ2) is 4.30. The monoisotopic (exact) mass is 335 g/mol. The fourth-order valence-electron chi connectivity index (χ4n) is 3.95. The van der Waals surface area contributed by atoms with Crippen LogP contribution in [0, 0.1) is 0 Å². The molecule has 0 aromatic rings. The lowest BCUT2D eigenvalue weighted by molar-refractivity contribution is 0.0436. The lowest BCUT2D eigenvalue weighted by Gasteiger charge is -2.50. The molecule has 3 fully saturated rings. The maximum Gasteiger partial charge on any atom is 0.349 e. The molecule has 0 amide bonds. The Morgan fingerprint density at radius 1 is 1.05 bits per heavy atom. The van der Waals surface area contributed by atoms with Gasteiger partial charge in [0.05, 0.1) is 31.4 Å². The molecule has 4 atom stereocenters. The summed E-state index contributed by atoms with van der Waals surface area (Å²) in [6.45, 7) is 13.4. The van der Waals surface area contributed by atoms with Gasteiger partial charge in [0, 0.05) is 10.1 Å². The Hall–Kier alpha value is 0.00688. The van der Waals surface area contributed by atoms with Crippen molar-refractivity contribution in [1.29, 1.82) is 0 Å². The summed E-state index contributed by atoms with van der Waals surface area (Å²) in [5, 5.41) is -0.216. The molecule has 21 heavy (non-hydrogen) atoms. The number of hydrogen-bond donors (Lipinski definition) is 0. The highest BCUT2D eigenvalue weighted by atomic mass is 32.2. The van der Waals surface area contributed by atoms with Crippen LogP contribution in [0.1, 0.15) is 41.5 Å². The van der Waals surface area contributed by atoms with Crippen LogP contribution in [0.3, 0.4) is 0 Å². The summed E-state index contributed by atoms with van der Waals surface area (Å²) >= 11 is 0. The van der Waals surface area contributed by atoms with Gasteiger partial charge in [0.2, 0.25) is 0 Å². The van der Waals surface area contributed by atoms with E-state index in [1.807, 2.05) is 0 Å². The normalized spacial score (nSPS) is 41.0. The molecule has 0 bridgehead atoms. The van der Waals surface area contributed by atoms with Gasteiger partial charge >= 0.3 is 18.9 Å². The van der Waals surface area contributed by atoms with Gasteiger partial charge in [-0.05, 0) is 0 Å². The standard InChI is InChI=1S/C13H25NO5SSi/c1-12(2,3)21(13(4,5)6)18-7-9-11-10(19-21)8-17-20(15,16)14(9)11/h9-11H,7-8H2,1-6H3/t9-,10-,11-,14?/m1/s1. The zero-order valence-electron chi connectivity index (χ0n) is 13.5. The molecule has 3 heterocycles. The quantitative estimate of drug-likeness (QED) is 0.499. The van der Waals surface area contributed by atoms with Crippen molar-refractivity contribution in [3.63, 3.8) is 0 Å². The van der Waals surface area contributed by atoms with Crippen molar-refractivity contribution in [3.8, 4) is 0 Å². The molecule has 6 nitrogen and oxygen atoms in total. The Morgan fingerprint density at radius 3 is 2.14 bits per heavy atom. The van der Waals surface area contributed by atoms with Crippen molar-refractivity contribution in [3.05, 3.63) is 0 Å². The molecular weight excluding hydrogens is 310 g/mol. The van der Waals surface area contributed by atoms with E-state index in [-0.39, 0.29) is 34.9 Å². The molecular formula is C13H25NO5SSi. The minimum absolute atomic E-state index is 0.101. The molecule has 3 saturated heterocycles. The highest BCUT2D eigenvalue weighted by Gasteiger charge is 2.70. The fraction of sp³-hybridized carbons (Fsp3) is 1.00. The molecule has 3 aliphatic rings. The van der Waals surface area contributed by atoms with Crippen molar-refractivity contribution < 1.29 is 21.5 Å². The summed E-state index contributed by atoms with van der Waals surface area (Å²) in [4.78, 5) is 0. The Bertz CT molecular complexity index is 536. The summed E-state index contributed by atoms with van der Waals surface area (Å²) in [5.41, 5.74) is 0. The average Bonchev–Trinajstić information content (AvgIpc) is 2.99. The van der Waals surface area contributed by atoms with Gasteiger partial charge in [-0.1, -0.05) is 41.5 Å². The van der Waals surface area contributed by atoms with Gasteiger partial charge in [-0.2, -0.15) is 12.7 Å². The molecule has 0 saturated carbocycles. The number of hydrogen-bond acceptors (Lipinski definition) is 5. The molecule has 0 radical (unpaired) electrons. The fourth-order valence-corrected chi connectivity index (χ4v) is 10.3. The van der Waals surface area contributed by atoms with E-state index in [4.69, 9.17) is 13.0 Å². The number of nitrogens with zero attached hydrogens (tertiary/aromatic N) is 1. The molecule has 8 heteroatoms. The van der Waals surface area contributed by atoms with Crippen LogP contribution in [0.5, 0.6) is 0 Å². The highest BCUT2D eigenvalue weighted by molar-refractivity contribution is 7.84. The van der Waals surface area contributed by atoms with Gasteiger partial charge in [-0.25, -0.2) is 0 Å². The first-order chi connectivity index (χ1) is 9.41. The van der Waals surface area contributed by atoms with Crippen LogP contribution < -0.4 is 0 Å². The molecule has 1 unspecified atom stereocenters. The van der Waals surface area contributed by atoms with Crippen LogP contribution in [0.4, 0.5) is 0 Å². The van der Waals surface area contributed by atoms with Crippen LogP contribution >= 0.6 is 0 Å². The molecule has 0 N–H and O–H groups in total. The molecule has 0 aliphatic carbocycles. The maximum atomic E-state index is 11.8. The van der Waals surface area contributed by atoms with Gasteiger partial charge < -0.3 is 8.85 Å². The second-order valence-electron chi connectivity index (χ2n) is 8.21.